The summed E-state index contributed by atoms with van der Waals surface area (Å²) in [7, 11) is 0. The smallest absolute Gasteiger partial charge is 0.119 e. The van der Waals surface area contributed by atoms with Crippen LogP contribution in [0.5, 0.6) is 11.5 Å². The Bertz CT molecular complexity index is 1190. The Kier molecular flexibility index (Phi) is 6.15. The first-order valence-electron chi connectivity index (χ1n) is 11.4. The molecular weight excluding hydrogens is 414 g/mol. The second-order valence-electron chi connectivity index (χ2n) is 8.67. The first-order chi connectivity index (χ1) is 15.7. The molecule has 3 nitrogen and oxygen atoms in total. The van der Waals surface area contributed by atoms with Gasteiger partial charge in [0.15, 0.2) is 0 Å². The fraction of sp³-hybridized carbons (Fsp3) is 0.286. The van der Waals surface area contributed by atoms with Crippen LogP contribution in [-0.4, -0.2) is 36.2 Å². The number of rotatable bonds is 7. The predicted molar refractivity (Wildman–Crippen MR) is 134 cm³/mol. The first kappa shape index (κ1) is 21.0. The van der Waals surface area contributed by atoms with Crippen molar-refractivity contribution in [2.75, 3.05) is 26.2 Å². The van der Waals surface area contributed by atoms with Gasteiger partial charge in [0, 0.05) is 16.1 Å². The molecule has 0 aliphatic carbocycles. The predicted octanol–water partition coefficient (Wildman–Crippen LogP) is 6.65. The van der Waals surface area contributed by atoms with Crippen molar-refractivity contribution in [3.05, 3.63) is 83.4 Å². The molecule has 2 heterocycles. The largest absolute Gasteiger partial charge is 0.508 e. The van der Waals surface area contributed by atoms with Gasteiger partial charge in [-0.25, -0.2) is 0 Å². The van der Waals surface area contributed by atoms with Crippen molar-refractivity contribution in [1.82, 2.24) is 4.90 Å². The number of likely N-dealkylation sites (tertiary alicyclic amines) is 1. The molecular formula is C28H29NO2S. The van der Waals surface area contributed by atoms with Gasteiger partial charge in [0.05, 0.1) is 0 Å². The van der Waals surface area contributed by atoms with Crippen LogP contribution in [0.15, 0.2) is 66.7 Å². The highest BCUT2D eigenvalue weighted by molar-refractivity contribution is 7.22. The van der Waals surface area contributed by atoms with Crippen LogP contribution in [0.25, 0.3) is 20.5 Å². The quantitative estimate of drug-likeness (QED) is 0.347. The Balaban J connectivity index is 1.37. The van der Waals surface area contributed by atoms with Crippen LogP contribution in [0.2, 0.25) is 0 Å². The summed E-state index contributed by atoms with van der Waals surface area (Å²) in [5, 5.41) is 11.0. The molecule has 0 bridgehead atoms. The van der Waals surface area contributed by atoms with Gasteiger partial charge in [-0.3, -0.25) is 4.90 Å². The molecule has 32 heavy (non-hydrogen) atoms. The van der Waals surface area contributed by atoms with Crippen LogP contribution in [0.4, 0.5) is 0 Å². The molecule has 0 atom stereocenters. The average Bonchev–Trinajstić information content (AvgIpc) is 3.43. The van der Waals surface area contributed by atoms with Crippen LogP contribution in [0.3, 0.4) is 0 Å². The molecule has 1 aromatic heterocycles. The lowest BCUT2D eigenvalue weighted by molar-refractivity contribution is 0.238. The Hall–Kier alpha value is -2.82. The van der Waals surface area contributed by atoms with Crippen molar-refractivity contribution in [1.29, 1.82) is 0 Å². The zero-order valence-electron chi connectivity index (χ0n) is 18.5. The molecule has 0 saturated carbocycles. The van der Waals surface area contributed by atoms with Gasteiger partial charge in [-0.05, 0) is 109 Å². The lowest BCUT2D eigenvalue weighted by Crippen LogP contribution is -2.25. The van der Waals surface area contributed by atoms with E-state index in [9.17, 15) is 5.11 Å². The van der Waals surface area contributed by atoms with Gasteiger partial charge in [0.2, 0.25) is 0 Å². The lowest BCUT2D eigenvalue weighted by Gasteiger charge is -2.15. The second kappa shape index (κ2) is 9.35. The first-order valence-corrected chi connectivity index (χ1v) is 12.2. The minimum absolute atomic E-state index is 0.299. The summed E-state index contributed by atoms with van der Waals surface area (Å²) in [6.07, 6.45) is 3.50. The lowest BCUT2D eigenvalue weighted by atomic mass is 9.98. The van der Waals surface area contributed by atoms with Gasteiger partial charge in [-0.2, -0.15) is 0 Å². The Morgan fingerprint density at radius 3 is 2.44 bits per heavy atom. The highest BCUT2D eigenvalue weighted by Crippen LogP contribution is 2.40. The summed E-state index contributed by atoms with van der Waals surface area (Å²) in [5.41, 5.74) is 5.05. The molecule has 4 heteroatoms. The van der Waals surface area contributed by atoms with Crippen LogP contribution in [0, 0.1) is 6.92 Å². The normalized spacial score (nSPS) is 14.3. The molecule has 1 fully saturated rings. The molecule has 0 amide bonds. The number of aromatic hydroxyl groups is 1. The molecule has 0 spiro atoms. The van der Waals surface area contributed by atoms with E-state index in [1.807, 2.05) is 23.5 Å². The van der Waals surface area contributed by atoms with Crippen molar-refractivity contribution in [2.45, 2.75) is 26.2 Å². The summed E-state index contributed by atoms with van der Waals surface area (Å²) >= 11 is 1.83. The molecule has 5 rings (SSSR count). The van der Waals surface area contributed by atoms with Crippen LogP contribution < -0.4 is 4.74 Å². The maximum absolute atomic E-state index is 9.72. The standard InChI is InChI=1S/C28H29NO2S/c1-20-4-13-25-26(28(32-27(25)18-20)22-7-9-23(30)10-8-22)19-21-5-11-24(12-6-21)31-17-16-29-14-2-3-15-29/h4-13,18,30H,2-3,14-17,19H2,1H3. The summed E-state index contributed by atoms with van der Waals surface area (Å²) < 4.78 is 7.29. The highest BCUT2D eigenvalue weighted by atomic mass is 32.1. The molecule has 3 aromatic carbocycles. The van der Waals surface area contributed by atoms with Crippen molar-refractivity contribution in [3.8, 4) is 21.9 Å². The molecule has 164 valence electrons. The molecule has 0 radical (unpaired) electrons. The number of fused-ring (bicyclic) bond motifs is 1. The number of hydrogen-bond donors (Lipinski definition) is 1. The zero-order chi connectivity index (χ0) is 21.9. The van der Waals surface area contributed by atoms with Gasteiger partial charge in [0.1, 0.15) is 18.1 Å². The summed E-state index contributed by atoms with van der Waals surface area (Å²) in [5.74, 6) is 1.24. The van der Waals surface area contributed by atoms with Gasteiger partial charge < -0.3 is 9.84 Å². The Morgan fingerprint density at radius 2 is 1.69 bits per heavy atom. The van der Waals surface area contributed by atoms with E-state index in [-0.39, 0.29) is 0 Å². The van der Waals surface area contributed by atoms with Crippen molar-refractivity contribution < 1.29 is 9.84 Å². The fourth-order valence-corrected chi connectivity index (χ4v) is 5.81. The molecule has 1 saturated heterocycles. The van der Waals surface area contributed by atoms with Gasteiger partial charge in [0.25, 0.3) is 0 Å². The molecule has 1 aliphatic rings. The van der Waals surface area contributed by atoms with E-state index in [1.165, 1.54) is 57.6 Å². The third-order valence-electron chi connectivity index (χ3n) is 6.26. The second-order valence-corrected chi connectivity index (χ2v) is 9.73. The minimum Gasteiger partial charge on any atom is -0.508 e. The van der Waals surface area contributed by atoms with E-state index in [2.05, 4.69) is 54.3 Å². The SMILES string of the molecule is Cc1ccc2c(Cc3ccc(OCCN4CCCC4)cc3)c(-c3ccc(O)cc3)sc2c1. The number of aryl methyl sites for hydroxylation is 1. The van der Waals surface area contributed by atoms with Crippen LogP contribution in [0.1, 0.15) is 29.5 Å². The number of thiophene rings is 1. The minimum atomic E-state index is 0.299. The van der Waals surface area contributed by atoms with E-state index < -0.39 is 0 Å². The van der Waals surface area contributed by atoms with E-state index in [0.717, 1.165) is 30.9 Å². The van der Waals surface area contributed by atoms with Gasteiger partial charge in [-0.1, -0.05) is 24.3 Å². The van der Waals surface area contributed by atoms with Crippen molar-refractivity contribution in [2.24, 2.45) is 0 Å². The van der Waals surface area contributed by atoms with E-state index >= 15 is 0 Å². The number of ether oxygens (including phenoxy) is 1. The molecule has 1 aliphatic heterocycles. The third kappa shape index (κ3) is 4.67. The van der Waals surface area contributed by atoms with E-state index in [1.54, 1.807) is 12.1 Å². The zero-order valence-corrected chi connectivity index (χ0v) is 19.3. The Morgan fingerprint density at radius 1 is 0.938 bits per heavy atom. The number of nitrogens with zero attached hydrogens (tertiary/aromatic N) is 1. The summed E-state index contributed by atoms with van der Waals surface area (Å²) in [4.78, 5) is 3.75. The molecule has 4 aromatic rings. The van der Waals surface area contributed by atoms with Crippen molar-refractivity contribution >= 4 is 21.4 Å². The van der Waals surface area contributed by atoms with Crippen LogP contribution >= 0.6 is 11.3 Å². The monoisotopic (exact) mass is 443 g/mol. The maximum Gasteiger partial charge on any atom is 0.119 e. The maximum atomic E-state index is 9.72. The summed E-state index contributed by atoms with van der Waals surface area (Å²) in [6.45, 7) is 6.32. The van der Waals surface area contributed by atoms with E-state index in [0.29, 0.717) is 5.75 Å². The fourth-order valence-electron chi connectivity index (χ4n) is 4.49. The van der Waals surface area contributed by atoms with Crippen LogP contribution in [-0.2, 0) is 6.42 Å². The number of hydrogen-bond acceptors (Lipinski definition) is 4. The molecule has 0 unspecified atom stereocenters. The van der Waals surface area contributed by atoms with Crippen molar-refractivity contribution in [3.63, 3.8) is 0 Å². The van der Waals surface area contributed by atoms with Gasteiger partial charge in [-0.15, -0.1) is 11.3 Å². The number of phenolic OH excluding ortho intramolecular Hbond substituents is 1. The highest BCUT2D eigenvalue weighted by Gasteiger charge is 2.15. The molecule has 1 N–H and O–H groups in total. The topological polar surface area (TPSA) is 32.7 Å². The summed E-state index contributed by atoms with van der Waals surface area (Å²) in [6, 6.07) is 22.8. The number of phenols is 1. The third-order valence-corrected chi connectivity index (χ3v) is 7.50. The van der Waals surface area contributed by atoms with Gasteiger partial charge >= 0.3 is 0 Å². The average molecular weight is 444 g/mol. The number of benzene rings is 3. The Labute approximate surface area is 193 Å². The van der Waals surface area contributed by atoms with E-state index in [4.69, 9.17) is 4.74 Å².